The van der Waals surface area contributed by atoms with Crippen LogP contribution in [-0.2, 0) is 17.4 Å². The van der Waals surface area contributed by atoms with Crippen molar-refractivity contribution >= 4 is 11.9 Å². The minimum atomic E-state index is -4.51. The maximum atomic E-state index is 12.9. The van der Waals surface area contributed by atoms with Crippen LogP contribution in [-0.4, -0.2) is 35.5 Å². The minimum Gasteiger partial charge on any atom is -0.353 e. The molecule has 1 fully saturated rings. The first-order valence-electron chi connectivity index (χ1n) is 5.86. The van der Waals surface area contributed by atoms with E-state index in [1.165, 1.54) is 11.1 Å². The molecule has 19 heavy (non-hydrogen) atoms. The van der Waals surface area contributed by atoms with Gasteiger partial charge < -0.3 is 10.2 Å². The van der Waals surface area contributed by atoms with Crippen LogP contribution in [0.4, 0.5) is 19.1 Å². The molecule has 0 spiro atoms. The average molecular weight is 274 g/mol. The molecule has 0 radical (unpaired) electrons. The summed E-state index contributed by atoms with van der Waals surface area (Å²) in [5.74, 6) is -0.303. The van der Waals surface area contributed by atoms with Gasteiger partial charge in [0.2, 0.25) is 11.9 Å². The van der Waals surface area contributed by atoms with Crippen LogP contribution in [0.3, 0.4) is 0 Å². The van der Waals surface area contributed by atoms with Gasteiger partial charge in [-0.05, 0) is 6.42 Å². The molecule has 2 heterocycles. The first kappa shape index (κ1) is 13.6. The predicted molar refractivity (Wildman–Crippen MR) is 61.6 cm³/mol. The lowest BCUT2D eigenvalue weighted by Crippen LogP contribution is -2.48. The first-order chi connectivity index (χ1) is 8.91. The molecule has 1 saturated heterocycles. The van der Waals surface area contributed by atoms with Crippen molar-refractivity contribution in [1.82, 2.24) is 15.3 Å². The van der Waals surface area contributed by atoms with Crippen molar-refractivity contribution in [2.45, 2.75) is 19.5 Å². The monoisotopic (exact) mass is 274 g/mol. The van der Waals surface area contributed by atoms with Crippen molar-refractivity contribution in [2.24, 2.45) is 0 Å². The van der Waals surface area contributed by atoms with Gasteiger partial charge in [0.25, 0.3) is 0 Å². The fraction of sp³-hybridized carbons (Fsp3) is 0.545. The lowest BCUT2D eigenvalue weighted by molar-refractivity contribution is -0.141. The summed E-state index contributed by atoms with van der Waals surface area (Å²) in [6.45, 7) is 2.36. The molecule has 0 aliphatic carbocycles. The van der Waals surface area contributed by atoms with Crippen LogP contribution >= 0.6 is 0 Å². The number of amides is 1. The Balaban J connectivity index is 2.35. The van der Waals surface area contributed by atoms with Gasteiger partial charge in [0.15, 0.2) is 5.69 Å². The fourth-order valence-electron chi connectivity index (χ4n) is 1.86. The Labute approximate surface area is 107 Å². The number of hydrogen-bond acceptors (Lipinski definition) is 4. The molecule has 5 nitrogen and oxygen atoms in total. The normalized spacial score (nSPS) is 16.4. The Hall–Kier alpha value is -1.86. The molecule has 0 bridgehead atoms. The van der Waals surface area contributed by atoms with Gasteiger partial charge in [0.05, 0.1) is 6.54 Å². The molecule has 1 aliphatic rings. The Morgan fingerprint density at radius 1 is 1.47 bits per heavy atom. The third kappa shape index (κ3) is 2.94. The minimum absolute atomic E-state index is 0.0250. The molecule has 8 heteroatoms. The molecular formula is C11H13F3N4O. The highest BCUT2D eigenvalue weighted by Crippen LogP contribution is 2.31. The average Bonchev–Trinajstić information content (AvgIpc) is 2.37. The molecule has 1 aromatic rings. The van der Waals surface area contributed by atoms with Crippen molar-refractivity contribution < 1.29 is 18.0 Å². The maximum absolute atomic E-state index is 12.9. The van der Waals surface area contributed by atoms with Gasteiger partial charge in [-0.25, -0.2) is 9.97 Å². The van der Waals surface area contributed by atoms with E-state index in [2.05, 4.69) is 15.3 Å². The second kappa shape index (κ2) is 5.02. The maximum Gasteiger partial charge on any atom is 0.433 e. The van der Waals surface area contributed by atoms with Gasteiger partial charge in [-0.3, -0.25) is 4.79 Å². The summed E-state index contributed by atoms with van der Waals surface area (Å²) in [4.78, 5) is 20.2. The smallest absolute Gasteiger partial charge is 0.353 e. The SMILES string of the molecule is CCc1cnc(N2CCNC(=O)C2)nc1C(F)(F)F. The van der Waals surface area contributed by atoms with Crippen LogP contribution < -0.4 is 10.2 Å². The van der Waals surface area contributed by atoms with Crippen molar-refractivity contribution in [3.63, 3.8) is 0 Å². The molecule has 0 unspecified atom stereocenters. The van der Waals surface area contributed by atoms with E-state index in [1.54, 1.807) is 6.92 Å². The molecular weight excluding hydrogens is 261 g/mol. The Bertz CT molecular complexity index is 489. The zero-order valence-corrected chi connectivity index (χ0v) is 10.3. The molecule has 0 atom stereocenters. The lowest BCUT2D eigenvalue weighted by atomic mass is 10.2. The molecule has 0 saturated carbocycles. The van der Waals surface area contributed by atoms with Crippen molar-refractivity contribution in [3.05, 3.63) is 17.5 Å². The van der Waals surface area contributed by atoms with Crippen LogP contribution in [0.5, 0.6) is 0 Å². The second-order valence-electron chi connectivity index (χ2n) is 4.17. The largest absolute Gasteiger partial charge is 0.433 e. The zero-order valence-electron chi connectivity index (χ0n) is 10.3. The van der Waals surface area contributed by atoms with Crippen molar-refractivity contribution in [3.8, 4) is 0 Å². The lowest BCUT2D eigenvalue weighted by Gasteiger charge is -2.27. The Kier molecular flexibility index (Phi) is 3.59. The van der Waals surface area contributed by atoms with E-state index < -0.39 is 11.9 Å². The molecule has 1 aliphatic heterocycles. The standard InChI is InChI=1S/C11H13F3N4O/c1-2-7-5-16-10(17-9(7)11(12,13)14)18-4-3-15-8(19)6-18/h5H,2-4,6H2,1H3,(H,15,19). The summed E-state index contributed by atoms with van der Waals surface area (Å²) in [6.07, 6.45) is -3.13. The van der Waals surface area contributed by atoms with E-state index in [4.69, 9.17) is 0 Å². The molecule has 1 amide bonds. The molecule has 1 N–H and O–H groups in total. The number of nitrogens with one attached hydrogen (secondary N) is 1. The highest BCUT2D eigenvalue weighted by molar-refractivity contribution is 5.81. The van der Waals surface area contributed by atoms with Crippen molar-refractivity contribution in [2.75, 3.05) is 24.5 Å². The summed E-state index contributed by atoms with van der Waals surface area (Å²) >= 11 is 0. The number of carbonyl (C=O) groups is 1. The van der Waals surface area contributed by atoms with E-state index in [0.29, 0.717) is 13.1 Å². The second-order valence-corrected chi connectivity index (χ2v) is 4.17. The topological polar surface area (TPSA) is 58.1 Å². The van der Waals surface area contributed by atoms with Crippen LogP contribution in [0.15, 0.2) is 6.20 Å². The van der Waals surface area contributed by atoms with Crippen LogP contribution in [0, 0.1) is 0 Å². The predicted octanol–water partition coefficient (Wildman–Crippen LogP) is 0.994. The number of alkyl halides is 3. The van der Waals surface area contributed by atoms with E-state index in [1.807, 2.05) is 0 Å². The molecule has 104 valence electrons. The molecule has 2 rings (SSSR count). The van der Waals surface area contributed by atoms with Gasteiger partial charge in [0, 0.05) is 24.8 Å². The number of anilines is 1. The highest BCUT2D eigenvalue weighted by atomic mass is 19.4. The van der Waals surface area contributed by atoms with Crippen molar-refractivity contribution in [1.29, 1.82) is 0 Å². The number of piperazine rings is 1. The number of nitrogens with zero attached hydrogens (tertiary/aromatic N) is 3. The summed E-state index contributed by atoms with van der Waals surface area (Å²) in [7, 11) is 0. The fourth-order valence-corrected chi connectivity index (χ4v) is 1.86. The summed E-state index contributed by atoms with van der Waals surface area (Å²) in [6, 6.07) is 0. The number of carbonyl (C=O) groups excluding carboxylic acids is 1. The zero-order chi connectivity index (χ0) is 14.0. The van der Waals surface area contributed by atoms with E-state index >= 15 is 0 Å². The Morgan fingerprint density at radius 2 is 2.21 bits per heavy atom. The number of aryl methyl sites for hydroxylation is 1. The third-order valence-corrected chi connectivity index (χ3v) is 2.82. The molecule has 0 aromatic carbocycles. The first-order valence-corrected chi connectivity index (χ1v) is 5.86. The van der Waals surface area contributed by atoms with Gasteiger partial charge in [-0.2, -0.15) is 13.2 Å². The van der Waals surface area contributed by atoms with E-state index in [0.717, 1.165) is 0 Å². The van der Waals surface area contributed by atoms with Gasteiger partial charge in [0.1, 0.15) is 0 Å². The molecule has 1 aromatic heterocycles. The van der Waals surface area contributed by atoms with Crippen LogP contribution in [0.1, 0.15) is 18.2 Å². The van der Waals surface area contributed by atoms with Gasteiger partial charge >= 0.3 is 6.18 Å². The summed E-state index contributed by atoms with van der Waals surface area (Å²) < 4.78 is 38.6. The van der Waals surface area contributed by atoms with Gasteiger partial charge in [-0.1, -0.05) is 6.92 Å². The summed E-state index contributed by atoms with van der Waals surface area (Å²) in [5.41, 5.74) is -0.872. The quantitative estimate of drug-likeness (QED) is 0.874. The highest BCUT2D eigenvalue weighted by Gasteiger charge is 2.36. The number of hydrogen-bond donors (Lipinski definition) is 1. The third-order valence-electron chi connectivity index (χ3n) is 2.82. The number of rotatable bonds is 2. The summed E-state index contributed by atoms with van der Waals surface area (Å²) in [5, 5.41) is 2.59. The van der Waals surface area contributed by atoms with E-state index in [-0.39, 0.29) is 30.4 Å². The van der Waals surface area contributed by atoms with Crippen LogP contribution in [0.2, 0.25) is 0 Å². The van der Waals surface area contributed by atoms with E-state index in [9.17, 15) is 18.0 Å². The Morgan fingerprint density at radius 3 is 2.79 bits per heavy atom. The van der Waals surface area contributed by atoms with Crippen LogP contribution in [0.25, 0.3) is 0 Å². The number of halogens is 3. The number of aromatic nitrogens is 2. The van der Waals surface area contributed by atoms with Gasteiger partial charge in [-0.15, -0.1) is 0 Å².